The van der Waals surface area contributed by atoms with Crippen LogP contribution in [-0.4, -0.2) is 50.0 Å². The van der Waals surface area contributed by atoms with Crippen molar-refractivity contribution in [3.05, 3.63) is 24.4 Å². The van der Waals surface area contributed by atoms with Crippen LogP contribution in [0.4, 0.5) is 0 Å². The molecule has 0 bridgehead atoms. The number of aromatic nitrogens is 1. The van der Waals surface area contributed by atoms with E-state index in [1.165, 1.54) is 21.8 Å². The van der Waals surface area contributed by atoms with E-state index in [2.05, 4.69) is 5.16 Å². The molecule has 0 aliphatic carbocycles. The molecular weight excluding hydrogens is 340 g/mol. The monoisotopic (exact) mass is 356 g/mol. The molecule has 2 aromatic heterocycles. The lowest BCUT2D eigenvalue weighted by Crippen LogP contribution is -2.47. The molecule has 2 aromatic rings. The Labute approximate surface area is 137 Å². The molecule has 124 valence electrons. The van der Waals surface area contributed by atoms with E-state index >= 15 is 0 Å². The van der Waals surface area contributed by atoms with E-state index in [4.69, 9.17) is 14.0 Å². The van der Waals surface area contributed by atoms with E-state index in [0.29, 0.717) is 49.1 Å². The van der Waals surface area contributed by atoms with Gasteiger partial charge in [-0.2, -0.15) is 4.31 Å². The second-order valence-corrected chi connectivity index (χ2v) is 8.76. The minimum absolute atomic E-state index is 0.313. The van der Waals surface area contributed by atoms with Crippen LogP contribution in [0.3, 0.4) is 0 Å². The Bertz CT molecular complexity index is 768. The van der Waals surface area contributed by atoms with Crippen molar-refractivity contribution < 1.29 is 22.4 Å². The molecule has 2 aliphatic rings. The fraction of sp³-hybridized carbons (Fsp3) is 0.500. The van der Waals surface area contributed by atoms with Crippen molar-refractivity contribution >= 4 is 21.4 Å². The quantitative estimate of drug-likeness (QED) is 0.836. The molecule has 0 radical (unpaired) electrons. The number of thiophene rings is 1. The Morgan fingerprint density at radius 1 is 1.13 bits per heavy atom. The summed E-state index contributed by atoms with van der Waals surface area (Å²) in [4.78, 5) is 0.747. The number of piperidine rings is 1. The summed E-state index contributed by atoms with van der Waals surface area (Å²) in [5, 5.41) is 3.64. The largest absolute Gasteiger partial charge is 0.355 e. The topological polar surface area (TPSA) is 81.9 Å². The lowest BCUT2D eigenvalue weighted by atomic mass is 10.1. The number of sulfonamides is 1. The third kappa shape index (κ3) is 2.72. The van der Waals surface area contributed by atoms with E-state index in [-0.39, 0.29) is 0 Å². The van der Waals surface area contributed by atoms with Gasteiger partial charge in [-0.1, -0.05) is 5.16 Å². The first-order valence-corrected chi connectivity index (χ1v) is 9.64. The molecule has 0 amide bonds. The molecule has 0 aromatic carbocycles. The first kappa shape index (κ1) is 15.3. The first-order chi connectivity index (χ1) is 11.1. The van der Waals surface area contributed by atoms with Crippen molar-refractivity contribution in [2.45, 2.75) is 22.8 Å². The predicted octanol–water partition coefficient (Wildman–Crippen LogP) is 1.93. The van der Waals surface area contributed by atoms with Crippen LogP contribution in [0.1, 0.15) is 12.8 Å². The van der Waals surface area contributed by atoms with Gasteiger partial charge >= 0.3 is 0 Å². The Kier molecular flexibility index (Phi) is 3.77. The van der Waals surface area contributed by atoms with Gasteiger partial charge < -0.3 is 14.0 Å². The highest BCUT2D eigenvalue weighted by molar-refractivity contribution is 7.91. The molecule has 7 nitrogen and oxygen atoms in total. The second kappa shape index (κ2) is 5.67. The summed E-state index contributed by atoms with van der Waals surface area (Å²) < 4.78 is 43.7. The Balaban J connectivity index is 1.52. The van der Waals surface area contributed by atoms with Crippen LogP contribution in [-0.2, 0) is 19.5 Å². The van der Waals surface area contributed by atoms with Crippen molar-refractivity contribution in [3.63, 3.8) is 0 Å². The van der Waals surface area contributed by atoms with Gasteiger partial charge in [-0.25, -0.2) is 8.42 Å². The molecule has 0 atom stereocenters. The average Bonchev–Trinajstić information content (AvgIpc) is 3.29. The molecular formula is C14H16N2O5S2. The minimum Gasteiger partial charge on any atom is -0.355 e. The molecule has 2 fully saturated rings. The zero-order chi connectivity index (χ0) is 15.9. The van der Waals surface area contributed by atoms with Gasteiger partial charge in [0.1, 0.15) is 4.21 Å². The van der Waals surface area contributed by atoms with Crippen LogP contribution < -0.4 is 0 Å². The van der Waals surface area contributed by atoms with Crippen molar-refractivity contribution in [1.82, 2.24) is 9.46 Å². The lowest BCUT2D eigenvalue weighted by molar-refractivity contribution is -0.179. The van der Waals surface area contributed by atoms with E-state index < -0.39 is 15.8 Å². The molecule has 0 N–H and O–H groups in total. The maximum Gasteiger partial charge on any atom is 0.252 e. The van der Waals surface area contributed by atoms with Gasteiger partial charge in [-0.3, -0.25) is 0 Å². The molecule has 4 heterocycles. The third-order valence-corrected chi connectivity index (χ3v) is 7.62. The normalized spacial score (nSPS) is 21.9. The summed E-state index contributed by atoms with van der Waals surface area (Å²) in [6.07, 6.45) is 2.66. The van der Waals surface area contributed by atoms with Crippen LogP contribution in [0.25, 0.3) is 10.6 Å². The number of nitrogens with zero attached hydrogens (tertiary/aromatic N) is 2. The van der Waals surface area contributed by atoms with Crippen molar-refractivity contribution in [2.75, 3.05) is 26.3 Å². The van der Waals surface area contributed by atoms with Crippen molar-refractivity contribution in [2.24, 2.45) is 0 Å². The highest BCUT2D eigenvalue weighted by Gasteiger charge is 2.42. The third-order valence-electron chi connectivity index (χ3n) is 4.15. The molecule has 23 heavy (non-hydrogen) atoms. The number of ether oxygens (including phenoxy) is 2. The smallest absolute Gasteiger partial charge is 0.252 e. The molecule has 1 spiro atoms. The lowest BCUT2D eigenvalue weighted by Gasteiger charge is -2.36. The summed E-state index contributed by atoms with van der Waals surface area (Å²) >= 11 is 1.19. The fourth-order valence-corrected chi connectivity index (χ4v) is 5.77. The molecule has 9 heteroatoms. The van der Waals surface area contributed by atoms with E-state index in [1.54, 1.807) is 18.2 Å². The van der Waals surface area contributed by atoms with Crippen molar-refractivity contribution in [3.8, 4) is 10.6 Å². The van der Waals surface area contributed by atoms with Gasteiger partial charge in [0.05, 0.1) is 24.3 Å². The zero-order valence-corrected chi connectivity index (χ0v) is 13.9. The fourth-order valence-electron chi connectivity index (χ4n) is 2.91. The summed E-state index contributed by atoms with van der Waals surface area (Å²) in [5.74, 6) is -0.00580. The SMILES string of the molecule is O=S(=O)(c1ccc(-c2ccno2)s1)N1CCC2(CC1)OCCO2. The summed E-state index contributed by atoms with van der Waals surface area (Å²) in [6.45, 7) is 1.96. The van der Waals surface area contributed by atoms with Gasteiger partial charge in [-0.15, -0.1) is 11.3 Å². The summed E-state index contributed by atoms with van der Waals surface area (Å²) in [6, 6.07) is 5.07. The second-order valence-electron chi connectivity index (χ2n) is 5.51. The van der Waals surface area contributed by atoms with Crippen LogP contribution in [0.2, 0.25) is 0 Å². The van der Waals surface area contributed by atoms with Crippen LogP contribution in [0.15, 0.2) is 33.1 Å². The minimum atomic E-state index is -3.50. The Morgan fingerprint density at radius 3 is 2.52 bits per heavy atom. The van der Waals surface area contributed by atoms with Gasteiger partial charge in [0.25, 0.3) is 10.0 Å². The van der Waals surface area contributed by atoms with Gasteiger partial charge in [0.2, 0.25) is 0 Å². The average molecular weight is 356 g/mol. The number of hydrogen-bond acceptors (Lipinski definition) is 7. The van der Waals surface area contributed by atoms with E-state index in [0.717, 1.165) is 4.88 Å². The predicted molar refractivity (Wildman–Crippen MR) is 82.4 cm³/mol. The number of rotatable bonds is 3. The van der Waals surface area contributed by atoms with Crippen LogP contribution >= 0.6 is 11.3 Å². The van der Waals surface area contributed by atoms with Gasteiger partial charge in [-0.05, 0) is 12.1 Å². The molecule has 2 aliphatic heterocycles. The maximum absolute atomic E-state index is 12.8. The van der Waals surface area contributed by atoms with E-state index in [1.807, 2.05) is 0 Å². The molecule has 0 unspecified atom stereocenters. The highest BCUT2D eigenvalue weighted by atomic mass is 32.2. The number of hydrogen-bond donors (Lipinski definition) is 0. The van der Waals surface area contributed by atoms with Gasteiger partial charge in [0.15, 0.2) is 11.5 Å². The highest BCUT2D eigenvalue weighted by Crippen LogP contribution is 2.36. The zero-order valence-electron chi connectivity index (χ0n) is 12.3. The Hall–Kier alpha value is -1.26. The van der Waals surface area contributed by atoms with Crippen LogP contribution in [0, 0.1) is 0 Å². The molecule has 0 saturated carbocycles. The Morgan fingerprint density at radius 2 is 1.87 bits per heavy atom. The standard InChI is InChI=1S/C14H16N2O5S2/c17-23(18,13-2-1-12(22-13)11-3-6-15-21-11)16-7-4-14(5-8-16)19-9-10-20-14/h1-3,6H,4-5,7-10H2. The first-order valence-electron chi connectivity index (χ1n) is 7.38. The van der Waals surface area contributed by atoms with Gasteiger partial charge in [0, 0.05) is 32.0 Å². The maximum atomic E-state index is 12.8. The summed E-state index contributed by atoms with van der Waals surface area (Å²) in [5.41, 5.74) is 0. The molecule has 4 rings (SSSR count). The summed E-state index contributed by atoms with van der Waals surface area (Å²) in [7, 11) is -3.50. The molecule has 2 saturated heterocycles. The van der Waals surface area contributed by atoms with Crippen molar-refractivity contribution in [1.29, 1.82) is 0 Å². The van der Waals surface area contributed by atoms with Crippen LogP contribution in [0.5, 0.6) is 0 Å². The van der Waals surface area contributed by atoms with E-state index in [9.17, 15) is 8.42 Å².